The monoisotopic (exact) mass is 281 g/mol. The zero-order valence-electron chi connectivity index (χ0n) is 12.7. The average Bonchev–Trinajstić information content (AvgIpc) is 2.47. The van der Waals surface area contributed by atoms with Crippen LogP contribution in [0.15, 0.2) is 0 Å². The van der Waals surface area contributed by atoms with Crippen LogP contribution in [0.5, 0.6) is 0 Å². The summed E-state index contributed by atoms with van der Waals surface area (Å²) in [5.41, 5.74) is 0. The Kier molecular flexibility index (Phi) is 5.40. The third-order valence-corrected chi connectivity index (χ3v) is 4.59. The summed E-state index contributed by atoms with van der Waals surface area (Å²) in [7, 11) is 0. The first-order chi connectivity index (χ1) is 9.59. The molecule has 1 aliphatic carbocycles. The van der Waals surface area contributed by atoms with Crippen molar-refractivity contribution in [2.75, 3.05) is 26.2 Å². The van der Waals surface area contributed by atoms with Crippen molar-refractivity contribution in [1.29, 1.82) is 0 Å². The molecule has 0 radical (unpaired) electrons. The largest absolute Gasteiger partial charge is 0.345 e. The molecule has 114 valence electrons. The Hall–Kier alpha value is -1.10. The van der Waals surface area contributed by atoms with Crippen LogP contribution < -0.4 is 10.6 Å². The highest BCUT2D eigenvalue weighted by Gasteiger charge is 2.31. The van der Waals surface area contributed by atoms with E-state index in [-0.39, 0.29) is 11.9 Å². The number of rotatable bonds is 2. The summed E-state index contributed by atoms with van der Waals surface area (Å²) in [6.07, 6.45) is 4.55. The molecular formula is C15H27N3O2. The lowest BCUT2D eigenvalue weighted by Crippen LogP contribution is -2.54. The predicted octanol–water partition coefficient (Wildman–Crippen LogP) is 0.749. The number of nitrogens with zero attached hydrogens (tertiary/aromatic N) is 1. The molecule has 2 unspecified atom stereocenters. The van der Waals surface area contributed by atoms with Gasteiger partial charge in [0.05, 0.1) is 0 Å². The molecule has 0 aromatic heterocycles. The minimum absolute atomic E-state index is 0.170. The van der Waals surface area contributed by atoms with Gasteiger partial charge < -0.3 is 15.5 Å². The number of amides is 2. The van der Waals surface area contributed by atoms with Crippen LogP contribution in [0.1, 0.15) is 39.5 Å². The second-order valence-electron chi connectivity index (χ2n) is 6.31. The molecule has 0 bridgehead atoms. The number of piperazine rings is 1. The van der Waals surface area contributed by atoms with Crippen LogP contribution in [0.4, 0.5) is 0 Å². The fraction of sp³-hybridized carbons (Fsp3) is 0.867. The van der Waals surface area contributed by atoms with Gasteiger partial charge in [-0.05, 0) is 24.7 Å². The van der Waals surface area contributed by atoms with E-state index >= 15 is 0 Å². The molecular weight excluding hydrogens is 254 g/mol. The summed E-state index contributed by atoms with van der Waals surface area (Å²) >= 11 is 0. The second kappa shape index (κ2) is 7.07. The van der Waals surface area contributed by atoms with Gasteiger partial charge in [0, 0.05) is 32.2 Å². The summed E-state index contributed by atoms with van der Waals surface area (Å²) in [5.74, 6) is 0.280. The van der Waals surface area contributed by atoms with Crippen LogP contribution in [-0.4, -0.2) is 48.9 Å². The number of nitrogens with one attached hydrogen (secondary N) is 2. The molecule has 2 amide bonds. The van der Waals surface area contributed by atoms with E-state index in [2.05, 4.69) is 24.5 Å². The summed E-state index contributed by atoms with van der Waals surface area (Å²) in [6, 6.07) is 0.170. The number of hydrogen-bond acceptors (Lipinski definition) is 3. The standard InChI is InChI=1S/C15H27N3O2/c1-11(2)12-5-3-4-6-13(12)17-14(19)15(20)18-9-7-16-8-10-18/h11-13,16H,3-10H2,1-2H3,(H,17,19). The maximum absolute atomic E-state index is 12.2. The molecule has 0 aromatic rings. The Morgan fingerprint density at radius 2 is 1.80 bits per heavy atom. The van der Waals surface area contributed by atoms with Crippen LogP contribution in [0.3, 0.4) is 0 Å². The van der Waals surface area contributed by atoms with E-state index in [9.17, 15) is 9.59 Å². The fourth-order valence-electron chi connectivity index (χ4n) is 3.38. The first-order valence-corrected chi connectivity index (χ1v) is 7.90. The topological polar surface area (TPSA) is 61.4 Å². The highest BCUT2D eigenvalue weighted by Crippen LogP contribution is 2.30. The summed E-state index contributed by atoms with van der Waals surface area (Å²) in [5, 5.41) is 6.18. The van der Waals surface area contributed by atoms with E-state index in [1.54, 1.807) is 4.90 Å². The molecule has 1 aliphatic heterocycles. The Morgan fingerprint density at radius 3 is 2.45 bits per heavy atom. The SMILES string of the molecule is CC(C)C1CCCCC1NC(=O)C(=O)N1CCNCC1. The van der Waals surface area contributed by atoms with E-state index in [0.717, 1.165) is 32.4 Å². The average molecular weight is 281 g/mol. The smallest absolute Gasteiger partial charge is 0.311 e. The molecule has 1 saturated heterocycles. The van der Waals surface area contributed by atoms with Crippen LogP contribution >= 0.6 is 0 Å². The van der Waals surface area contributed by atoms with Gasteiger partial charge in [-0.15, -0.1) is 0 Å². The Labute approximate surface area is 121 Å². The van der Waals surface area contributed by atoms with E-state index in [1.165, 1.54) is 6.42 Å². The molecule has 1 saturated carbocycles. The lowest BCUT2D eigenvalue weighted by Gasteiger charge is -2.35. The molecule has 1 heterocycles. The van der Waals surface area contributed by atoms with Crippen LogP contribution in [0, 0.1) is 11.8 Å². The van der Waals surface area contributed by atoms with Crippen molar-refractivity contribution in [3.05, 3.63) is 0 Å². The molecule has 2 aliphatic rings. The van der Waals surface area contributed by atoms with Gasteiger partial charge in [-0.25, -0.2) is 0 Å². The molecule has 2 rings (SSSR count). The minimum atomic E-state index is -0.413. The van der Waals surface area contributed by atoms with Crippen molar-refractivity contribution in [3.63, 3.8) is 0 Å². The van der Waals surface area contributed by atoms with Gasteiger partial charge in [-0.3, -0.25) is 9.59 Å². The number of carbonyl (C=O) groups excluding carboxylic acids is 2. The lowest BCUT2D eigenvalue weighted by atomic mass is 9.78. The van der Waals surface area contributed by atoms with Gasteiger partial charge in [0.1, 0.15) is 0 Å². The highest BCUT2D eigenvalue weighted by atomic mass is 16.2. The molecule has 5 heteroatoms. The third-order valence-electron chi connectivity index (χ3n) is 4.59. The molecule has 2 N–H and O–H groups in total. The van der Waals surface area contributed by atoms with Crippen molar-refractivity contribution < 1.29 is 9.59 Å². The van der Waals surface area contributed by atoms with Crippen molar-refractivity contribution in [2.45, 2.75) is 45.6 Å². The maximum Gasteiger partial charge on any atom is 0.311 e. The van der Waals surface area contributed by atoms with Gasteiger partial charge in [0.15, 0.2) is 0 Å². The maximum atomic E-state index is 12.2. The molecule has 0 spiro atoms. The predicted molar refractivity (Wildman–Crippen MR) is 78.2 cm³/mol. The molecule has 2 fully saturated rings. The molecule has 20 heavy (non-hydrogen) atoms. The lowest BCUT2D eigenvalue weighted by molar-refractivity contribution is -0.147. The van der Waals surface area contributed by atoms with Crippen LogP contribution in [-0.2, 0) is 9.59 Å². The second-order valence-corrected chi connectivity index (χ2v) is 6.31. The highest BCUT2D eigenvalue weighted by molar-refractivity contribution is 6.35. The third kappa shape index (κ3) is 3.72. The van der Waals surface area contributed by atoms with E-state index in [1.807, 2.05) is 0 Å². The van der Waals surface area contributed by atoms with E-state index < -0.39 is 5.91 Å². The normalized spacial score (nSPS) is 27.4. The zero-order valence-corrected chi connectivity index (χ0v) is 12.7. The van der Waals surface area contributed by atoms with Gasteiger partial charge in [0.2, 0.25) is 0 Å². The van der Waals surface area contributed by atoms with Crippen molar-refractivity contribution in [1.82, 2.24) is 15.5 Å². The summed E-state index contributed by atoms with van der Waals surface area (Å²) in [4.78, 5) is 25.9. The minimum Gasteiger partial charge on any atom is -0.345 e. The van der Waals surface area contributed by atoms with Gasteiger partial charge in [-0.1, -0.05) is 26.7 Å². The molecule has 5 nitrogen and oxygen atoms in total. The van der Waals surface area contributed by atoms with Gasteiger partial charge in [0.25, 0.3) is 0 Å². The number of carbonyl (C=O) groups is 2. The van der Waals surface area contributed by atoms with E-state index in [4.69, 9.17) is 0 Å². The molecule has 2 atom stereocenters. The zero-order chi connectivity index (χ0) is 14.5. The summed E-state index contributed by atoms with van der Waals surface area (Å²) < 4.78 is 0. The van der Waals surface area contributed by atoms with Crippen molar-refractivity contribution in [2.24, 2.45) is 11.8 Å². The first kappa shape index (κ1) is 15.3. The quantitative estimate of drug-likeness (QED) is 0.734. The van der Waals surface area contributed by atoms with Crippen LogP contribution in [0.2, 0.25) is 0 Å². The summed E-state index contributed by atoms with van der Waals surface area (Å²) in [6.45, 7) is 7.21. The fourth-order valence-corrected chi connectivity index (χ4v) is 3.38. The van der Waals surface area contributed by atoms with Gasteiger partial charge in [-0.2, -0.15) is 0 Å². The van der Waals surface area contributed by atoms with Crippen molar-refractivity contribution in [3.8, 4) is 0 Å². The van der Waals surface area contributed by atoms with Crippen molar-refractivity contribution >= 4 is 11.8 Å². The molecule has 0 aromatic carbocycles. The Morgan fingerprint density at radius 1 is 1.15 bits per heavy atom. The Balaban J connectivity index is 1.90. The van der Waals surface area contributed by atoms with E-state index in [0.29, 0.717) is 24.9 Å². The van der Waals surface area contributed by atoms with Gasteiger partial charge >= 0.3 is 11.8 Å². The first-order valence-electron chi connectivity index (χ1n) is 7.90. The van der Waals surface area contributed by atoms with Crippen LogP contribution in [0.25, 0.3) is 0 Å². The Bertz CT molecular complexity index is 351. The number of hydrogen-bond donors (Lipinski definition) is 2.